The van der Waals surface area contributed by atoms with Crippen molar-refractivity contribution in [2.45, 2.75) is 19.9 Å². The van der Waals surface area contributed by atoms with E-state index < -0.39 is 0 Å². The van der Waals surface area contributed by atoms with Crippen molar-refractivity contribution in [1.82, 2.24) is 15.5 Å². The van der Waals surface area contributed by atoms with Crippen LogP contribution < -0.4 is 10.6 Å². The van der Waals surface area contributed by atoms with Crippen molar-refractivity contribution >= 4 is 11.7 Å². The third-order valence-electron chi connectivity index (χ3n) is 2.84. The summed E-state index contributed by atoms with van der Waals surface area (Å²) in [6.45, 7) is 5.80. The van der Waals surface area contributed by atoms with Crippen molar-refractivity contribution in [3.8, 4) is 0 Å². The van der Waals surface area contributed by atoms with E-state index >= 15 is 0 Å². The van der Waals surface area contributed by atoms with Gasteiger partial charge in [0, 0.05) is 17.8 Å². The van der Waals surface area contributed by atoms with Crippen molar-refractivity contribution < 1.29 is 9.53 Å². The van der Waals surface area contributed by atoms with E-state index in [2.05, 4.69) is 20.8 Å². The standard InChI is InChI=1S/C11H18N4O2/c1-3-12-9-6-17-5-8(9)11(16)13-10-4-7(2)14-15-10/h4,8-9,12H,3,5-6H2,1-2H3,(H2,13,14,15,16). The first-order valence-corrected chi connectivity index (χ1v) is 5.84. The second-order valence-corrected chi connectivity index (χ2v) is 4.23. The highest BCUT2D eigenvalue weighted by Crippen LogP contribution is 2.16. The predicted octanol–water partition coefficient (Wildman–Crippen LogP) is 0.281. The lowest BCUT2D eigenvalue weighted by atomic mass is 10.0. The number of hydrogen-bond acceptors (Lipinski definition) is 4. The van der Waals surface area contributed by atoms with Gasteiger partial charge in [-0.25, -0.2) is 0 Å². The number of carbonyl (C=O) groups excluding carboxylic acids is 1. The number of amides is 1. The molecule has 0 saturated carbocycles. The first-order valence-electron chi connectivity index (χ1n) is 5.84. The molecule has 2 rings (SSSR count). The molecule has 2 unspecified atom stereocenters. The molecule has 0 bridgehead atoms. The highest BCUT2D eigenvalue weighted by Gasteiger charge is 2.33. The molecule has 0 aromatic carbocycles. The smallest absolute Gasteiger partial charge is 0.232 e. The number of likely N-dealkylation sites (N-methyl/N-ethyl adjacent to an activating group) is 1. The van der Waals surface area contributed by atoms with Crippen molar-refractivity contribution in [2.75, 3.05) is 25.1 Å². The Balaban J connectivity index is 1.95. The summed E-state index contributed by atoms with van der Waals surface area (Å²) in [5.41, 5.74) is 0.922. The Morgan fingerprint density at radius 2 is 2.47 bits per heavy atom. The third kappa shape index (κ3) is 2.83. The summed E-state index contributed by atoms with van der Waals surface area (Å²) in [6.07, 6.45) is 0. The topological polar surface area (TPSA) is 79.0 Å². The van der Waals surface area contributed by atoms with E-state index in [1.54, 1.807) is 6.07 Å². The van der Waals surface area contributed by atoms with Gasteiger partial charge >= 0.3 is 0 Å². The minimum absolute atomic E-state index is 0.0417. The van der Waals surface area contributed by atoms with Crippen molar-refractivity contribution in [2.24, 2.45) is 5.92 Å². The van der Waals surface area contributed by atoms with Crippen LogP contribution in [-0.2, 0) is 9.53 Å². The molecule has 1 fully saturated rings. The lowest BCUT2D eigenvalue weighted by Crippen LogP contribution is -2.41. The Labute approximate surface area is 100 Å². The van der Waals surface area contributed by atoms with Crippen LogP contribution in [0.2, 0.25) is 0 Å². The Hall–Kier alpha value is -1.40. The van der Waals surface area contributed by atoms with Gasteiger partial charge in [-0.1, -0.05) is 6.92 Å². The number of aromatic nitrogens is 2. The summed E-state index contributed by atoms with van der Waals surface area (Å²) >= 11 is 0. The largest absolute Gasteiger partial charge is 0.379 e. The maximum atomic E-state index is 12.0. The van der Waals surface area contributed by atoms with Gasteiger partial charge in [0.05, 0.1) is 19.1 Å². The number of aryl methyl sites for hydroxylation is 1. The number of ether oxygens (including phenoxy) is 1. The SMILES string of the molecule is CCNC1COCC1C(=O)Nc1cc(C)[nH]n1. The van der Waals surface area contributed by atoms with Crippen molar-refractivity contribution in [1.29, 1.82) is 0 Å². The molecule has 1 aromatic rings. The molecule has 6 nitrogen and oxygen atoms in total. The van der Waals surface area contributed by atoms with Crippen LogP contribution in [0.1, 0.15) is 12.6 Å². The minimum atomic E-state index is -0.146. The molecule has 1 aromatic heterocycles. The first kappa shape index (κ1) is 12.1. The van der Waals surface area contributed by atoms with Crippen LogP contribution in [0, 0.1) is 12.8 Å². The number of hydrogen-bond donors (Lipinski definition) is 3. The van der Waals surface area contributed by atoms with Crippen molar-refractivity contribution in [3.63, 3.8) is 0 Å². The molecule has 1 amide bonds. The average molecular weight is 238 g/mol. The molecule has 17 heavy (non-hydrogen) atoms. The van der Waals surface area contributed by atoms with E-state index in [0.29, 0.717) is 19.0 Å². The first-order chi connectivity index (χ1) is 8.20. The molecule has 2 atom stereocenters. The summed E-state index contributed by atoms with van der Waals surface area (Å²) in [4.78, 5) is 12.0. The lowest BCUT2D eigenvalue weighted by molar-refractivity contribution is -0.120. The number of aromatic amines is 1. The van der Waals surface area contributed by atoms with E-state index in [1.165, 1.54) is 0 Å². The van der Waals surface area contributed by atoms with E-state index in [4.69, 9.17) is 4.74 Å². The Morgan fingerprint density at radius 1 is 1.65 bits per heavy atom. The molecule has 6 heteroatoms. The third-order valence-corrected chi connectivity index (χ3v) is 2.84. The number of H-pyrrole nitrogens is 1. The van der Waals surface area contributed by atoms with Crippen LogP contribution >= 0.6 is 0 Å². The minimum Gasteiger partial charge on any atom is -0.379 e. The van der Waals surface area contributed by atoms with Gasteiger partial charge in [0.25, 0.3) is 0 Å². The zero-order valence-corrected chi connectivity index (χ0v) is 10.1. The Kier molecular flexibility index (Phi) is 3.75. The van der Waals surface area contributed by atoms with Crippen LogP contribution in [0.4, 0.5) is 5.82 Å². The Morgan fingerprint density at radius 3 is 3.12 bits per heavy atom. The molecular formula is C11H18N4O2. The fraction of sp³-hybridized carbons (Fsp3) is 0.636. The summed E-state index contributed by atoms with van der Waals surface area (Å²) in [5.74, 6) is 0.376. The van der Waals surface area contributed by atoms with Gasteiger partial charge in [0.1, 0.15) is 0 Å². The van der Waals surface area contributed by atoms with Crippen molar-refractivity contribution in [3.05, 3.63) is 11.8 Å². The molecule has 1 aliphatic heterocycles. The normalized spacial score (nSPS) is 23.9. The maximum absolute atomic E-state index is 12.0. The van der Waals surface area contributed by atoms with E-state index in [9.17, 15) is 4.79 Å². The predicted molar refractivity (Wildman–Crippen MR) is 63.7 cm³/mol. The highest BCUT2D eigenvalue weighted by molar-refractivity contribution is 5.92. The zero-order valence-electron chi connectivity index (χ0n) is 10.1. The second-order valence-electron chi connectivity index (χ2n) is 4.23. The van der Waals surface area contributed by atoms with Crippen LogP contribution in [-0.4, -0.2) is 41.9 Å². The average Bonchev–Trinajstić information content (AvgIpc) is 2.88. The number of anilines is 1. The van der Waals surface area contributed by atoms with E-state index in [-0.39, 0.29) is 17.9 Å². The quantitative estimate of drug-likeness (QED) is 0.704. The number of nitrogens with one attached hydrogen (secondary N) is 3. The van der Waals surface area contributed by atoms with Gasteiger partial charge in [-0.05, 0) is 13.5 Å². The monoisotopic (exact) mass is 238 g/mol. The van der Waals surface area contributed by atoms with Gasteiger partial charge in [-0.15, -0.1) is 0 Å². The fourth-order valence-electron chi connectivity index (χ4n) is 1.98. The van der Waals surface area contributed by atoms with Gasteiger partial charge in [0.2, 0.25) is 5.91 Å². The highest BCUT2D eigenvalue weighted by atomic mass is 16.5. The lowest BCUT2D eigenvalue weighted by Gasteiger charge is -2.16. The molecule has 2 heterocycles. The van der Waals surface area contributed by atoms with Gasteiger partial charge in [0.15, 0.2) is 5.82 Å². The van der Waals surface area contributed by atoms with Gasteiger partial charge in [-0.3, -0.25) is 9.89 Å². The molecule has 1 saturated heterocycles. The van der Waals surface area contributed by atoms with Crippen LogP contribution in [0.25, 0.3) is 0 Å². The second kappa shape index (κ2) is 5.29. The number of rotatable bonds is 4. The van der Waals surface area contributed by atoms with E-state index in [1.807, 2.05) is 13.8 Å². The maximum Gasteiger partial charge on any atom is 0.232 e. The zero-order chi connectivity index (χ0) is 12.3. The fourth-order valence-corrected chi connectivity index (χ4v) is 1.98. The Bertz CT molecular complexity index is 391. The van der Waals surface area contributed by atoms with Crippen LogP contribution in [0.5, 0.6) is 0 Å². The molecule has 94 valence electrons. The molecule has 0 radical (unpaired) electrons. The molecule has 1 aliphatic rings. The van der Waals surface area contributed by atoms with Gasteiger partial charge < -0.3 is 15.4 Å². The number of carbonyl (C=O) groups is 1. The molecular weight excluding hydrogens is 220 g/mol. The summed E-state index contributed by atoms with van der Waals surface area (Å²) in [5, 5.41) is 12.8. The molecule has 0 aliphatic carbocycles. The summed E-state index contributed by atoms with van der Waals surface area (Å²) in [7, 11) is 0. The molecule has 0 spiro atoms. The van der Waals surface area contributed by atoms with Crippen LogP contribution in [0.3, 0.4) is 0 Å². The summed E-state index contributed by atoms with van der Waals surface area (Å²) < 4.78 is 5.33. The summed E-state index contributed by atoms with van der Waals surface area (Å²) in [6, 6.07) is 1.90. The number of nitrogens with zero attached hydrogens (tertiary/aromatic N) is 1. The molecule has 3 N–H and O–H groups in total. The van der Waals surface area contributed by atoms with Gasteiger partial charge in [-0.2, -0.15) is 5.10 Å². The van der Waals surface area contributed by atoms with Crippen LogP contribution in [0.15, 0.2) is 6.07 Å². The van der Waals surface area contributed by atoms with E-state index in [0.717, 1.165) is 12.2 Å².